The first-order chi connectivity index (χ1) is 13.1. The highest BCUT2D eigenvalue weighted by Crippen LogP contribution is 2.31. The van der Waals surface area contributed by atoms with Crippen LogP contribution in [0, 0.1) is 0 Å². The molecule has 0 spiro atoms. The van der Waals surface area contributed by atoms with Crippen LogP contribution in [-0.4, -0.2) is 38.7 Å². The molecule has 2 aromatic carbocycles. The van der Waals surface area contributed by atoms with Crippen LogP contribution in [0.25, 0.3) is 5.57 Å². The monoisotopic (exact) mass is 369 g/mol. The fourth-order valence-electron chi connectivity index (χ4n) is 2.72. The average molecular weight is 369 g/mol. The van der Waals surface area contributed by atoms with E-state index in [1.54, 1.807) is 14.2 Å². The lowest BCUT2D eigenvalue weighted by molar-refractivity contribution is -0.140. The maximum atomic E-state index is 11.6. The lowest BCUT2D eigenvalue weighted by atomic mass is 9.91. The van der Waals surface area contributed by atoms with Gasteiger partial charge in [-0.15, -0.1) is 0 Å². The van der Waals surface area contributed by atoms with Gasteiger partial charge >= 0.3 is 5.97 Å². The largest absolute Gasteiger partial charge is 0.497 e. The van der Waals surface area contributed by atoms with Crippen LogP contribution in [-0.2, 0) is 9.53 Å². The van der Waals surface area contributed by atoms with Gasteiger partial charge in [0.1, 0.15) is 11.5 Å². The van der Waals surface area contributed by atoms with Crippen LogP contribution < -0.4 is 9.47 Å². The summed E-state index contributed by atoms with van der Waals surface area (Å²) >= 11 is 0. The molecule has 6 nitrogen and oxygen atoms in total. The summed E-state index contributed by atoms with van der Waals surface area (Å²) in [6.07, 6.45) is 1.89. The quantitative estimate of drug-likeness (QED) is 0.330. The van der Waals surface area contributed by atoms with Gasteiger partial charge in [-0.1, -0.05) is 29.4 Å². The van der Waals surface area contributed by atoms with Gasteiger partial charge in [0.05, 0.1) is 27.5 Å². The molecule has 0 saturated heterocycles. The summed E-state index contributed by atoms with van der Waals surface area (Å²) in [7, 11) is 4.56. The third-order valence-corrected chi connectivity index (χ3v) is 4.12. The van der Waals surface area contributed by atoms with Crippen molar-refractivity contribution in [2.24, 2.45) is 5.16 Å². The number of methoxy groups -OCH3 is 3. The van der Waals surface area contributed by atoms with Crippen molar-refractivity contribution in [3.05, 3.63) is 65.2 Å². The Morgan fingerprint density at radius 1 is 0.889 bits per heavy atom. The molecule has 0 aliphatic carbocycles. The Morgan fingerprint density at radius 3 is 1.74 bits per heavy atom. The molecule has 142 valence electrons. The van der Waals surface area contributed by atoms with E-state index in [9.17, 15) is 4.79 Å². The van der Waals surface area contributed by atoms with E-state index in [0.717, 1.165) is 28.2 Å². The smallest absolute Gasteiger partial charge is 0.305 e. The van der Waals surface area contributed by atoms with Crippen molar-refractivity contribution in [1.82, 2.24) is 0 Å². The Bertz CT molecular complexity index is 758. The highest BCUT2D eigenvalue weighted by Gasteiger charge is 2.14. The topological polar surface area (TPSA) is 77.4 Å². The number of hydrogen-bond donors (Lipinski definition) is 1. The minimum Gasteiger partial charge on any atom is -0.497 e. The van der Waals surface area contributed by atoms with E-state index < -0.39 is 0 Å². The number of hydrogen-bond acceptors (Lipinski definition) is 6. The van der Waals surface area contributed by atoms with Gasteiger partial charge in [0.25, 0.3) is 0 Å². The zero-order valence-electron chi connectivity index (χ0n) is 15.6. The molecule has 0 bridgehead atoms. The van der Waals surface area contributed by atoms with Gasteiger partial charge in [0.15, 0.2) is 0 Å². The minimum atomic E-state index is -0.331. The van der Waals surface area contributed by atoms with Crippen molar-refractivity contribution in [2.75, 3.05) is 21.3 Å². The van der Waals surface area contributed by atoms with Crippen molar-refractivity contribution >= 4 is 17.8 Å². The van der Waals surface area contributed by atoms with E-state index in [1.165, 1.54) is 13.3 Å². The normalized spacial score (nSPS) is 10.5. The Labute approximate surface area is 158 Å². The molecule has 0 radical (unpaired) electrons. The Hall–Kier alpha value is -3.28. The number of esters is 1. The summed E-state index contributed by atoms with van der Waals surface area (Å²) < 4.78 is 15.2. The average Bonchev–Trinajstić information content (AvgIpc) is 2.72. The first kappa shape index (κ1) is 20.0. The molecule has 0 aromatic heterocycles. The van der Waals surface area contributed by atoms with Crippen LogP contribution in [0.15, 0.2) is 59.3 Å². The number of allylic oxidation sites excluding steroid dienone is 1. The molecule has 27 heavy (non-hydrogen) atoms. The molecule has 0 amide bonds. The second-order valence-corrected chi connectivity index (χ2v) is 5.68. The Kier molecular flexibility index (Phi) is 7.43. The molecule has 0 fully saturated rings. The number of ether oxygens (including phenoxy) is 3. The van der Waals surface area contributed by atoms with E-state index >= 15 is 0 Å². The molecule has 2 rings (SSSR count). The fraction of sp³-hybridized carbons (Fsp3) is 0.238. The van der Waals surface area contributed by atoms with Gasteiger partial charge in [-0.3, -0.25) is 4.79 Å². The van der Waals surface area contributed by atoms with Gasteiger partial charge in [0, 0.05) is 6.42 Å². The summed E-state index contributed by atoms with van der Waals surface area (Å²) in [6, 6.07) is 15.1. The Balaban J connectivity index is 2.57. The number of carbonyl (C=O) groups is 1. The van der Waals surface area contributed by atoms with E-state index in [4.69, 9.17) is 19.4 Å². The number of carbonyl (C=O) groups excluding carboxylic acids is 1. The third kappa shape index (κ3) is 5.34. The van der Waals surface area contributed by atoms with E-state index in [2.05, 4.69) is 5.16 Å². The first-order valence-corrected chi connectivity index (χ1v) is 8.39. The van der Waals surface area contributed by atoms with Crippen LogP contribution in [0.3, 0.4) is 0 Å². The third-order valence-electron chi connectivity index (χ3n) is 4.12. The van der Waals surface area contributed by atoms with Crippen LogP contribution in [0.1, 0.15) is 24.0 Å². The zero-order valence-corrected chi connectivity index (χ0v) is 15.6. The minimum absolute atomic E-state index is 0.174. The molecule has 0 aliphatic rings. The maximum Gasteiger partial charge on any atom is 0.305 e. The molecule has 2 aromatic rings. The van der Waals surface area contributed by atoms with E-state index in [1.807, 2.05) is 48.5 Å². The highest BCUT2D eigenvalue weighted by molar-refractivity contribution is 5.97. The van der Waals surface area contributed by atoms with Crippen LogP contribution >= 0.6 is 0 Å². The SMILES string of the molecule is COC(=O)CCC(/C=N/O)=C(c1ccc(OC)cc1)c1ccc(OC)cc1. The molecular formula is C21H23NO5. The molecule has 0 heterocycles. The number of rotatable bonds is 8. The molecule has 6 heteroatoms. The lowest BCUT2D eigenvalue weighted by Crippen LogP contribution is -2.03. The fourth-order valence-corrected chi connectivity index (χ4v) is 2.72. The second-order valence-electron chi connectivity index (χ2n) is 5.68. The highest BCUT2D eigenvalue weighted by atomic mass is 16.5. The molecule has 0 aliphatic heterocycles. The van der Waals surface area contributed by atoms with E-state index in [-0.39, 0.29) is 12.4 Å². The summed E-state index contributed by atoms with van der Waals surface area (Å²) in [5.74, 6) is 1.14. The van der Waals surface area contributed by atoms with Crippen molar-refractivity contribution in [2.45, 2.75) is 12.8 Å². The predicted molar refractivity (Wildman–Crippen MR) is 104 cm³/mol. The lowest BCUT2D eigenvalue weighted by Gasteiger charge is -2.14. The van der Waals surface area contributed by atoms with Crippen molar-refractivity contribution in [3.63, 3.8) is 0 Å². The first-order valence-electron chi connectivity index (χ1n) is 8.39. The summed E-state index contributed by atoms with van der Waals surface area (Å²) in [5, 5.41) is 12.3. The van der Waals surface area contributed by atoms with Gasteiger partial charge < -0.3 is 19.4 Å². The molecular weight excluding hydrogens is 346 g/mol. The molecule has 0 saturated carbocycles. The number of nitrogens with zero attached hydrogens (tertiary/aromatic N) is 1. The van der Waals surface area contributed by atoms with Gasteiger partial charge in [-0.2, -0.15) is 0 Å². The molecule has 1 N–H and O–H groups in total. The van der Waals surface area contributed by atoms with Crippen molar-refractivity contribution in [3.8, 4) is 11.5 Å². The summed E-state index contributed by atoms with van der Waals surface area (Å²) in [6.45, 7) is 0. The zero-order chi connectivity index (χ0) is 19.6. The Morgan fingerprint density at radius 2 is 1.37 bits per heavy atom. The molecule has 0 atom stereocenters. The predicted octanol–water partition coefficient (Wildman–Crippen LogP) is 3.92. The second kappa shape index (κ2) is 10.0. The number of benzene rings is 2. The summed E-state index contributed by atoms with van der Waals surface area (Å²) in [4.78, 5) is 11.6. The van der Waals surface area contributed by atoms with Crippen molar-refractivity contribution in [1.29, 1.82) is 0 Å². The summed E-state index contributed by atoms with van der Waals surface area (Å²) in [5.41, 5.74) is 3.36. The van der Waals surface area contributed by atoms with Crippen LogP contribution in [0.4, 0.5) is 0 Å². The number of oxime groups is 1. The van der Waals surface area contributed by atoms with Crippen LogP contribution in [0.5, 0.6) is 11.5 Å². The van der Waals surface area contributed by atoms with E-state index in [0.29, 0.717) is 12.0 Å². The van der Waals surface area contributed by atoms with Crippen molar-refractivity contribution < 1.29 is 24.2 Å². The van der Waals surface area contributed by atoms with Gasteiger partial charge in [-0.05, 0) is 53.0 Å². The standard InChI is InChI=1S/C21H23NO5/c1-25-18-9-4-15(5-10-18)21(16-6-11-19(26-2)12-7-16)17(14-22-24)8-13-20(23)27-3/h4-7,9-12,14,24H,8,13H2,1-3H3/b22-14+. The maximum absolute atomic E-state index is 11.6. The van der Waals surface area contributed by atoms with Gasteiger partial charge in [0.2, 0.25) is 0 Å². The van der Waals surface area contributed by atoms with Crippen LogP contribution in [0.2, 0.25) is 0 Å². The van der Waals surface area contributed by atoms with Gasteiger partial charge in [-0.25, -0.2) is 0 Å². The molecule has 0 unspecified atom stereocenters.